The average Bonchev–Trinajstić information content (AvgIpc) is 3.10. The Kier molecular flexibility index (Phi) is 6.27. The molecule has 4 heteroatoms. The van der Waals surface area contributed by atoms with Gasteiger partial charge in [0.1, 0.15) is 5.54 Å². The minimum atomic E-state index is -0.580. The quantitative estimate of drug-likeness (QED) is 0.651. The summed E-state index contributed by atoms with van der Waals surface area (Å²) in [5, 5.41) is 3.45. The van der Waals surface area contributed by atoms with E-state index < -0.39 is 5.54 Å². The van der Waals surface area contributed by atoms with Crippen LogP contribution in [0.15, 0.2) is 0 Å². The van der Waals surface area contributed by atoms with Gasteiger partial charge in [-0.2, -0.15) is 0 Å². The summed E-state index contributed by atoms with van der Waals surface area (Å²) in [4.78, 5) is 14.4. The second-order valence-electron chi connectivity index (χ2n) is 6.39. The Morgan fingerprint density at radius 1 is 1.47 bits per heavy atom. The van der Waals surface area contributed by atoms with Gasteiger partial charge < -0.3 is 9.64 Å². The molecule has 0 heterocycles. The van der Waals surface area contributed by atoms with Crippen molar-refractivity contribution < 1.29 is 9.53 Å². The van der Waals surface area contributed by atoms with Crippen LogP contribution in [0.5, 0.6) is 0 Å². The van der Waals surface area contributed by atoms with Crippen LogP contribution in [-0.4, -0.2) is 49.2 Å². The van der Waals surface area contributed by atoms with E-state index in [1.807, 2.05) is 13.8 Å². The highest BCUT2D eigenvalue weighted by molar-refractivity contribution is 5.80. The highest BCUT2D eigenvalue weighted by atomic mass is 16.5. The number of nitrogens with zero attached hydrogens (tertiary/aromatic N) is 1. The summed E-state index contributed by atoms with van der Waals surface area (Å²) >= 11 is 0. The van der Waals surface area contributed by atoms with Gasteiger partial charge in [-0.05, 0) is 52.6 Å². The van der Waals surface area contributed by atoms with Gasteiger partial charge in [0, 0.05) is 12.6 Å². The molecule has 0 spiro atoms. The summed E-state index contributed by atoms with van der Waals surface area (Å²) in [6.45, 7) is 10.4. The highest BCUT2D eigenvalue weighted by Gasteiger charge is 2.40. The largest absolute Gasteiger partial charge is 0.465 e. The lowest BCUT2D eigenvalue weighted by molar-refractivity contribution is -0.151. The molecule has 0 saturated heterocycles. The summed E-state index contributed by atoms with van der Waals surface area (Å²) in [5.74, 6) is 0.561. The number of hydrogen-bond acceptors (Lipinski definition) is 4. The van der Waals surface area contributed by atoms with Gasteiger partial charge in [-0.25, -0.2) is 0 Å². The topological polar surface area (TPSA) is 41.6 Å². The lowest BCUT2D eigenvalue weighted by Crippen LogP contribution is -2.58. The smallest absolute Gasteiger partial charge is 0.327 e. The maximum atomic E-state index is 12.2. The number of ether oxygens (including phenoxy) is 1. The normalized spacial score (nSPS) is 18.7. The first-order valence-corrected chi connectivity index (χ1v) is 7.51. The Morgan fingerprint density at radius 3 is 2.58 bits per heavy atom. The Hall–Kier alpha value is -0.610. The third kappa shape index (κ3) is 5.91. The van der Waals surface area contributed by atoms with Crippen molar-refractivity contribution in [2.24, 2.45) is 5.92 Å². The van der Waals surface area contributed by atoms with Gasteiger partial charge in [0.25, 0.3) is 0 Å². The molecule has 1 N–H and O–H groups in total. The van der Waals surface area contributed by atoms with E-state index >= 15 is 0 Å². The zero-order chi connectivity index (χ0) is 14.5. The number of hydrogen-bond donors (Lipinski definition) is 1. The predicted molar refractivity (Wildman–Crippen MR) is 78.1 cm³/mol. The van der Waals surface area contributed by atoms with Crippen molar-refractivity contribution in [3.63, 3.8) is 0 Å². The van der Waals surface area contributed by atoms with Crippen LogP contribution in [0.4, 0.5) is 0 Å². The lowest BCUT2D eigenvalue weighted by Gasteiger charge is -2.33. The van der Waals surface area contributed by atoms with E-state index in [4.69, 9.17) is 4.74 Å². The van der Waals surface area contributed by atoms with Crippen LogP contribution in [0, 0.1) is 5.92 Å². The van der Waals surface area contributed by atoms with Gasteiger partial charge in [0.15, 0.2) is 0 Å². The molecule has 1 aliphatic rings. The first-order valence-electron chi connectivity index (χ1n) is 7.51. The van der Waals surface area contributed by atoms with E-state index in [0.29, 0.717) is 25.1 Å². The van der Waals surface area contributed by atoms with Gasteiger partial charge in [-0.1, -0.05) is 13.8 Å². The summed E-state index contributed by atoms with van der Waals surface area (Å²) in [6, 6.07) is 0.493. The van der Waals surface area contributed by atoms with E-state index in [9.17, 15) is 4.79 Å². The SMILES string of the molecule is CCOC(=O)C(C)(CN(C)CCC(C)C)NC1CC1. The molecule has 19 heavy (non-hydrogen) atoms. The fourth-order valence-electron chi connectivity index (χ4n) is 2.24. The second kappa shape index (κ2) is 7.25. The van der Waals surface area contributed by atoms with Gasteiger partial charge in [0.05, 0.1) is 6.61 Å². The summed E-state index contributed by atoms with van der Waals surface area (Å²) in [7, 11) is 2.08. The van der Waals surface area contributed by atoms with Crippen LogP contribution in [0.3, 0.4) is 0 Å². The Balaban J connectivity index is 2.54. The van der Waals surface area contributed by atoms with E-state index in [1.54, 1.807) is 0 Å². The molecule has 0 aromatic rings. The first-order chi connectivity index (χ1) is 8.87. The molecule has 0 amide bonds. The predicted octanol–water partition coefficient (Wildman–Crippen LogP) is 2.04. The first kappa shape index (κ1) is 16.4. The molecule has 0 aromatic carbocycles. The average molecular weight is 270 g/mol. The van der Waals surface area contributed by atoms with Gasteiger partial charge >= 0.3 is 5.97 Å². The molecule has 1 fully saturated rings. The monoisotopic (exact) mass is 270 g/mol. The van der Waals surface area contributed by atoms with E-state index in [0.717, 1.165) is 13.0 Å². The second-order valence-corrected chi connectivity index (χ2v) is 6.39. The minimum Gasteiger partial charge on any atom is -0.465 e. The molecule has 1 atom stereocenters. The standard InChI is InChI=1S/C15H30N2O2/c1-6-19-14(18)15(4,16-13-7-8-13)11-17(5)10-9-12(2)3/h12-13,16H,6-11H2,1-5H3. The number of esters is 1. The number of rotatable bonds is 9. The van der Waals surface area contributed by atoms with Crippen LogP contribution in [0.2, 0.25) is 0 Å². The third-order valence-electron chi connectivity index (χ3n) is 3.50. The van der Waals surface area contributed by atoms with Crippen molar-refractivity contribution in [3.8, 4) is 0 Å². The molecule has 1 unspecified atom stereocenters. The zero-order valence-corrected chi connectivity index (χ0v) is 13.2. The van der Waals surface area contributed by atoms with Gasteiger partial charge in [-0.15, -0.1) is 0 Å². The molecule has 1 rings (SSSR count). The van der Waals surface area contributed by atoms with E-state index in [2.05, 4.69) is 31.1 Å². The highest BCUT2D eigenvalue weighted by Crippen LogP contribution is 2.23. The van der Waals surface area contributed by atoms with Crippen molar-refractivity contribution in [2.75, 3.05) is 26.7 Å². The van der Waals surface area contributed by atoms with Crippen LogP contribution >= 0.6 is 0 Å². The van der Waals surface area contributed by atoms with Gasteiger partial charge in [-0.3, -0.25) is 10.1 Å². The number of nitrogens with one attached hydrogen (secondary N) is 1. The Bertz CT molecular complexity index is 290. The summed E-state index contributed by atoms with van der Waals surface area (Å²) < 4.78 is 5.23. The molecule has 0 bridgehead atoms. The third-order valence-corrected chi connectivity index (χ3v) is 3.50. The minimum absolute atomic E-state index is 0.127. The van der Waals surface area contributed by atoms with Crippen LogP contribution in [0.1, 0.15) is 47.0 Å². The maximum Gasteiger partial charge on any atom is 0.327 e. The Morgan fingerprint density at radius 2 is 2.11 bits per heavy atom. The van der Waals surface area contributed by atoms with Crippen LogP contribution in [0.25, 0.3) is 0 Å². The summed E-state index contributed by atoms with van der Waals surface area (Å²) in [6.07, 6.45) is 3.49. The molecular formula is C15H30N2O2. The van der Waals surface area contributed by atoms with Crippen LogP contribution in [-0.2, 0) is 9.53 Å². The Labute approximate surface area is 117 Å². The number of likely N-dealkylation sites (N-methyl/N-ethyl adjacent to an activating group) is 1. The maximum absolute atomic E-state index is 12.2. The molecule has 1 aliphatic carbocycles. The van der Waals surface area contributed by atoms with E-state index in [-0.39, 0.29) is 5.97 Å². The lowest BCUT2D eigenvalue weighted by atomic mass is 10.0. The van der Waals surface area contributed by atoms with Crippen molar-refractivity contribution in [3.05, 3.63) is 0 Å². The molecular weight excluding hydrogens is 240 g/mol. The fourth-order valence-corrected chi connectivity index (χ4v) is 2.24. The van der Waals surface area contributed by atoms with E-state index in [1.165, 1.54) is 12.8 Å². The molecule has 112 valence electrons. The van der Waals surface area contributed by atoms with Crippen molar-refractivity contribution >= 4 is 5.97 Å². The molecule has 0 radical (unpaired) electrons. The number of carbonyl (C=O) groups is 1. The van der Waals surface area contributed by atoms with Crippen LogP contribution < -0.4 is 5.32 Å². The molecule has 4 nitrogen and oxygen atoms in total. The molecule has 0 aliphatic heterocycles. The van der Waals surface area contributed by atoms with Crippen molar-refractivity contribution in [1.82, 2.24) is 10.2 Å². The molecule has 0 aromatic heterocycles. The molecule has 1 saturated carbocycles. The van der Waals surface area contributed by atoms with Gasteiger partial charge in [0.2, 0.25) is 0 Å². The number of carbonyl (C=O) groups excluding carboxylic acids is 1. The van der Waals surface area contributed by atoms with Crippen molar-refractivity contribution in [2.45, 2.75) is 58.5 Å². The zero-order valence-electron chi connectivity index (χ0n) is 13.2. The van der Waals surface area contributed by atoms with Crippen molar-refractivity contribution in [1.29, 1.82) is 0 Å². The fraction of sp³-hybridized carbons (Fsp3) is 0.933. The summed E-state index contributed by atoms with van der Waals surface area (Å²) in [5.41, 5.74) is -0.580.